The molecule has 1 aromatic heterocycles. The smallest absolute Gasteiger partial charge is 0.329 e. The van der Waals surface area contributed by atoms with Crippen LogP contribution in [0.5, 0.6) is 0 Å². The van der Waals surface area contributed by atoms with Crippen LogP contribution in [0, 0.1) is 12.3 Å². The van der Waals surface area contributed by atoms with Gasteiger partial charge in [0.2, 0.25) is 5.82 Å². The van der Waals surface area contributed by atoms with Gasteiger partial charge < -0.3 is 9.84 Å². The van der Waals surface area contributed by atoms with Gasteiger partial charge in [-0.15, -0.1) is 6.42 Å². The van der Waals surface area contributed by atoms with E-state index in [1.807, 2.05) is 0 Å². The van der Waals surface area contributed by atoms with Gasteiger partial charge >= 0.3 is 12.1 Å². The Kier molecular flexibility index (Phi) is 4.45. The van der Waals surface area contributed by atoms with Gasteiger partial charge in [-0.2, -0.15) is 18.2 Å². The zero-order valence-electron chi connectivity index (χ0n) is 13.0. The quantitative estimate of drug-likeness (QED) is 0.720. The number of carbonyl (C=O) groups is 1. The van der Waals surface area contributed by atoms with E-state index in [4.69, 9.17) is 6.42 Å². The Morgan fingerprint density at radius 1 is 1.08 bits per heavy atom. The van der Waals surface area contributed by atoms with E-state index < -0.39 is 12.1 Å². The predicted molar refractivity (Wildman–Crippen MR) is 87.1 cm³/mol. The molecule has 0 unspecified atom stereocenters. The Labute approximate surface area is 145 Å². The Hall–Kier alpha value is -3.60. The molecule has 0 radical (unpaired) electrons. The SMILES string of the molecule is C#Cc1ccc(NC(=O)c2ccc(-c3noc(C(F)(F)F)n3)cc2)cc1. The van der Waals surface area contributed by atoms with Crippen molar-refractivity contribution < 1.29 is 22.5 Å². The average molecular weight is 357 g/mol. The number of terminal acetylenes is 1. The van der Waals surface area contributed by atoms with E-state index >= 15 is 0 Å². The maximum Gasteiger partial charge on any atom is 0.471 e. The van der Waals surface area contributed by atoms with Crippen LogP contribution in [-0.4, -0.2) is 16.0 Å². The lowest BCUT2D eigenvalue weighted by atomic mass is 10.1. The molecule has 0 aliphatic heterocycles. The number of rotatable bonds is 3. The van der Waals surface area contributed by atoms with Crippen LogP contribution in [0.25, 0.3) is 11.4 Å². The second kappa shape index (κ2) is 6.72. The number of anilines is 1. The third-order valence-electron chi connectivity index (χ3n) is 3.38. The molecule has 3 aromatic rings. The van der Waals surface area contributed by atoms with E-state index in [9.17, 15) is 18.0 Å². The Balaban J connectivity index is 1.73. The zero-order chi connectivity index (χ0) is 18.7. The number of nitrogens with zero attached hydrogens (tertiary/aromatic N) is 2. The summed E-state index contributed by atoms with van der Waals surface area (Å²) in [5.41, 5.74) is 1.85. The van der Waals surface area contributed by atoms with Crippen LogP contribution in [0.2, 0.25) is 0 Å². The molecule has 0 bridgehead atoms. The number of alkyl halides is 3. The molecule has 5 nitrogen and oxygen atoms in total. The summed E-state index contributed by atoms with van der Waals surface area (Å²) in [6.45, 7) is 0. The summed E-state index contributed by atoms with van der Waals surface area (Å²) in [5.74, 6) is 0.449. The van der Waals surface area contributed by atoms with Crippen molar-refractivity contribution in [1.82, 2.24) is 10.1 Å². The number of nitrogens with one attached hydrogen (secondary N) is 1. The van der Waals surface area contributed by atoms with E-state index in [0.29, 0.717) is 22.4 Å². The van der Waals surface area contributed by atoms with Gasteiger partial charge in [0.15, 0.2) is 0 Å². The number of hydrogen-bond acceptors (Lipinski definition) is 4. The summed E-state index contributed by atoms with van der Waals surface area (Å²) >= 11 is 0. The summed E-state index contributed by atoms with van der Waals surface area (Å²) in [7, 11) is 0. The van der Waals surface area contributed by atoms with Gasteiger partial charge in [-0.1, -0.05) is 23.2 Å². The summed E-state index contributed by atoms with van der Waals surface area (Å²) in [4.78, 5) is 15.5. The Morgan fingerprint density at radius 2 is 1.73 bits per heavy atom. The third kappa shape index (κ3) is 3.72. The lowest BCUT2D eigenvalue weighted by Crippen LogP contribution is -2.11. The van der Waals surface area contributed by atoms with Crippen molar-refractivity contribution in [3.8, 4) is 23.7 Å². The lowest BCUT2D eigenvalue weighted by Gasteiger charge is -2.05. The van der Waals surface area contributed by atoms with Crippen molar-refractivity contribution in [2.45, 2.75) is 6.18 Å². The standard InChI is InChI=1S/C18H10F3N3O2/c1-2-11-3-9-14(10-4-11)22-16(25)13-7-5-12(6-8-13)15-23-17(26-24-15)18(19,20)21/h1,3-10H,(H,22,25). The highest BCUT2D eigenvalue weighted by atomic mass is 19.4. The number of halogens is 3. The molecule has 1 amide bonds. The van der Waals surface area contributed by atoms with Crippen molar-refractivity contribution in [2.75, 3.05) is 5.32 Å². The highest BCUT2D eigenvalue weighted by molar-refractivity contribution is 6.04. The summed E-state index contributed by atoms with van der Waals surface area (Å²) in [5, 5.41) is 5.98. The Morgan fingerprint density at radius 3 is 2.27 bits per heavy atom. The van der Waals surface area contributed by atoms with Crippen LogP contribution in [-0.2, 0) is 6.18 Å². The molecule has 3 rings (SSSR count). The molecule has 1 N–H and O–H groups in total. The lowest BCUT2D eigenvalue weighted by molar-refractivity contribution is -0.159. The fourth-order valence-corrected chi connectivity index (χ4v) is 2.08. The second-order valence-electron chi connectivity index (χ2n) is 5.17. The molecule has 2 aromatic carbocycles. The Bertz CT molecular complexity index is 969. The average Bonchev–Trinajstić information content (AvgIpc) is 3.13. The zero-order valence-corrected chi connectivity index (χ0v) is 13.0. The molecule has 130 valence electrons. The largest absolute Gasteiger partial charge is 0.471 e. The van der Waals surface area contributed by atoms with Crippen LogP contribution in [0.4, 0.5) is 18.9 Å². The molecule has 0 saturated carbocycles. The first kappa shape index (κ1) is 17.2. The van der Waals surface area contributed by atoms with E-state index in [2.05, 4.69) is 25.9 Å². The summed E-state index contributed by atoms with van der Waals surface area (Å²) in [6, 6.07) is 12.5. The highest BCUT2D eigenvalue weighted by Gasteiger charge is 2.38. The van der Waals surface area contributed by atoms with E-state index in [-0.39, 0.29) is 11.7 Å². The topological polar surface area (TPSA) is 68.0 Å². The van der Waals surface area contributed by atoms with Crippen LogP contribution < -0.4 is 5.32 Å². The van der Waals surface area contributed by atoms with Gasteiger partial charge in [0.1, 0.15) is 0 Å². The molecular formula is C18H10F3N3O2. The molecule has 0 spiro atoms. The minimum atomic E-state index is -4.71. The van der Waals surface area contributed by atoms with Gasteiger partial charge in [-0.25, -0.2) is 0 Å². The van der Waals surface area contributed by atoms with Gasteiger partial charge in [0.25, 0.3) is 5.91 Å². The molecule has 0 aliphatic carbocycles. The monoisotopic (exact) mass is 357 g/mol. The molecule has 8 heteroatoms. The van der Waals surface area contributed by atoms with Gasteiger partial charge in [0.05, 0.1) is 0 Å². The first-order valence-corrected chi connectivity index (χ1v) is 7.26. The van der Waals surface area contributed by atoms with Crippen molar-refractivity contribution in [1.29, 1.82) is 0 Å². The second-order valence-corrected chi connectivity index (χ2v) is 5.17. The third-order valence-corrected chi connectivity index (χ3v) is 3.38. The predicted octanol–water partition coefficient (Wildman–Crippen LogP) is 3.99. The number of aromatic nitrogens is 2. The van der Waals surface area contributed by atoms with Crippen molar-refractivity contribution in [3.63, 3.8) is 0 Å². The van der Waals surface area contributed by atoms with Crippen LogP contribution in [0.1, 0.15) is 21.8 Å². The summed E-state index contributed by atoms with van der Waals surface area (Å²) < 4.78 is 41.6. The number of hydrogen-bond donors (Lipinski definition) is 1. The fourth-order valence-electron chi connectivity index (χ4n) is 2.08. The minimum absolute atomic E-state index is 0.214. The van der Waals surface area contributed by atoms with Crippen molar-refractivity contribution in [2.24, 2.45) is 0 Å². The van der Waals surface area contributed by atoms with Gasteiger partial charge in [-0.3, -0.25) is 4.79 Å². The molecule has 0 fully saturated rings. The van der Waals surface area contributed by atoms with Crippen molar-refractivity contribution in [3.05, 3.63) is 65.5 Å². The number of amides is 1. The van der Waals surface area contributed by atoms with E-state index in [1.165, 1.54) is 24.3 Å². The van der Waals surface area contributed by atoms with Crippen LogP contribution in [0.3, 0.4) is 0 Å². The van der Waals surface area contributed by atoms with E-state index in [1.54, 1.807) is 24.3 Å². The van der Waals surface area contributed by atoms with Gasteiger partial charge in [0, 0.05) is 22.4 Å². The maximum absolute atomic E-state index is 12.5. The van der Waals surface area contributed by atoms with E-state index in [0.717, 1.165) is 0 Å². The van der Waals surface area contributed by atoms with Crippen LogP contribution >= 0.6 is 0 Å². The highest BCUT2D eigenvalue weighted by Crippen LogP contribution is 2.29. The molecule has 1 heterocycles. The molecular weight excluding hydrogens is 347 g/mol. The maximum atomic E-state index is 12.5. The normalized spacial score (nSPS) is 11.0. The van der Waals surface area contributed by atoms with Gasteiger partial charge in [-0.05, 0) is 36.4 Å². The fraction of sp³-hybridized carbons (Fsp3) is 0.0556. The number of carbonyl (C=O) groups excluding carboxylic acids is 1. The molecule has 0 aliphatic rings. The first-order valence-electron chi connectivity index (χ1n) is 7.26. The minimum Gasteiger partial charge on any atom is -0.329 e. The van der Waals surface area contributed by atoms with Crippen molar-refractivity contribution >= 4 is 11.6 Å². The molecule has 26 heavy (non-hydrogen) atoms. The number of benzene rings is 2. The first-order chi connectivity index (χ1) is 12.4. The molecule has 0 atom stereocenters. The molecule has 0 saturated heterocycles. The summed E-state index contributed by atoms with van der Waals surface area (Å²) in [6.07, 6.45) is 0.555. The van der Waals surface area contributed by atoms with Crippen LogP contribution in [0.15, 0.2) is 53.1 Å².